The van der Waals surface area contributed by atoms with Crippen molar-refractivity contribution in [2.75, 3.05) is 13.2 Å². The Labute approximate surface area is 138 Å². The van der Waals surface area contributed by atoms with Gasteiger partial charge in [-0.15, -0.1) is 0 Å². The molecular weight excluding hydrogens is 320 g/mol. The van der Waals surface area contributed by atoms with Crippen molar-refractivity contribution in [1.82, 2.24) is 0 Å². The molecule has 2 unspecified atom stereocenters. The summed E-state index contributed by atoms with van der Waals surface area (Å²) < 4.78 is 34.5. The van der Waals surface area contributed by atoms with Crippen LogP contribution in [-0.2, 0) is 28.9 Å². The molecule has 0 spiro atoms. The summed E-state index contributed by atoms with van der Waals surface area (Å²) in [6.45, 7) is 13.1. The standard InChI is InChI=1S/C16H26O6S/c1-11(2)15(17)21-9-7-13(5)23(19,20)14(6)8-10-22-16(18)12(3)4/h13-14H,1,3,7-10H2,2,4-6H3. The predicted molar refractivity (Wildman–Crippen MR) is 88.6 cm³/mol. The lowest BCUT2D eigenvalue weighted by Gasteiger charge is -2.18. The second-order valence-corrected chi connectivity index (χ2v) is 8.41. The van der Waals surface area contributed by atoms with Crippen LogP contribution in [0.5, 0.6) is 0 Å². The average Bonchev–Trinajstić information content (AvgIpc) is 2.45. The molecule has 0 aliphatic rings. The molecule has 0 N–H and O–H groups in total. The van der Waals surface area contributed by atoms with E-state index < -0.39 is 32.3 Å². The van der Waals surface area contributed by atoms with E-state index in [2.05, 4.69) is 13.2 Å². The highest BCUT2D eigenvalue weighted by atomic mass is 32.2. The Kier molecular flexibility index (Phi) is 8.82. The normalized spacial score (nSPS) is 13.7. The van der Waals surface area contributed by atoms with E-state index in [9.17, 15) is 18.0 Å². The molecule has 6 nitrogen and oxygen atoms in total. The van der Waals surface area contributed by atoms with Crippen molar-refractivity contribution in [2.24, 2.45) is 0 Å². The molecule has 0 aliphatic carbocycles. The molecule has 0 bridgehead atoms. The first-order valence-electron chi connectivity index (χ1n) is 7.38. The number of hydrogen-bond acceptors (Lipinski definition) is 6. The quantitative estimate of drug-likeness (QED) is 0.445. The second-order valence-electron chi connectivity index (χ2n) is 5.62. The van der Waals surface area contributed by atoms with Gasteiger partial charge in [0, 0.05) is 11.1 Å². The molecule has 0 aromatic heterocycles. The first kappa shape index (κ1) is 21.4. The molecule has 0 aliphatic heterocycles. The van der Waals surface area contributed by atoms with E-state index in [0.717, 1.165) is 0 Å². The first-order chi connectivity index (χ1) is 10.5. The van der Waals surface area contributed by atoms with Crippen molar-refractivity contribution in [2.45, 2.75) is 51.0 Å². The van der Waals surface area contributed by atoms with Gasteiger partial charge in [0.15, 0.2) is 9.84 Å². The van der Waals surface area contributed by atoms with E-state index in [0.29, 0.717) is 0 Å². The Hall–Kier alpha value is -1.63. The third-order valence-electron chi connectivity index (χ3n) is 3.33. The first-order valence-corrected chi connectivity index (χ1v) is 8.99. The molecule has 2 atom stereocenters. The zero-order valence-corrected chi connectivity index (χ0v) is 15.1. The third kappa shape index (κ3) is 7.45. The average molecular weight is 346 g/mol. The molecule has 0 aromatic carbocycles. The summed E-state index contributed by atoms with van der Waals surface area (Å²) in [4.78, 5) is 22.5. The monoisotopic (exact) mass is 346 g/mol. The van der Waals surface area contributed by atoms with E-state index >= 15 is 0 Å². The summed E-state index contributed by atoms with van der Waals surface area (Å²) in [6.07, 6.45) is 0.411. The second kappa shape index (κ2) is 9.50. The number of hydrogen-bond donors (Lipinski definition) is 0. The Balaban J connectivity index is 4.37. The minimum absolute atomic E-state index is 0.0173. The van der Waals surface area contributed by atoms with Crippen molar-refractivity contribution in [3.63, 3.8) is 0 Å². The SMILES string of the molecule is C=C(C)C(=O)OCCC(C)S(=O)(=O)C(C)CCOC(=O)C(=C)C. The van der Waals surface area contributed by atoms with E-state index in [1.807, 2.05) is 0 Å². The zero-order chi connectivity index (χ0) is 18.2. The summed E-state index contributed by atoms with van der Waals surface area (Å²) >= 11 is 0. The van der Waals surface area contributed by atoms with Gasteiger partial charge >= 0.3 is 11.9 Å². The Morgan fingerprint density at radius 3 is 1.43 bits per heavy atom. The number of sulfone groups is 1. The molecule has 23 heavy (non-hydrogen) atoms. The highest BCUT2D eigenvalue weighted by Crippen LogP contribution is 2.16. The lowest BCUT2D eigenvalue weighted by Crippen LogP contribution is -2.30. The molecule has 0 fully saturated rings. The molecule has 0 rings (SSSR count). The highest BCUT2D eigenvalue weighted by Gasteiger charge is 2.28. The van der Waals surface area contributed by atoms with Crippen LogP contribution in [0.1, 0.15) is 40.5 Å². The number of esters is 2. The topological polar surface area (TPSA) is 86.7 Å². The Morgan fingerprint density at radius 1 is 0.870 bits per heavy atom. The van der Waals surface area contributed by atoms with Gasteiger partial charge < -0.3 is 9.47 Å². The van der Waals surface area contributed by atoms with Gasteiger partial charge in [0.25, 0.3) is 0 Å². The van der Waals surface area contributed by atoms with Crippen molar-refractivity contribution in [3.8, 4) is 0 Å². The zero-order valence-electron chi connectivity index (χ0n) is 14.3. The smallest absolute Gasteiger partial charge is 0.333 e. The molecule has 0 aromatic rings. The van der Waals surface area contributed by atoms with E-state index in [-0.39, 0.29) is 37.2 Å². The van der Waals surface area contributed by atoms with Crippen molar-refractivity contribution in [1.29, 1.82) is 0 Å². The van der Waals surface area contributed by atoms with Crippen LogP contribution in [0.2, 0.25) is 0 Å². The Morgan fingerprint density at radius 2 is 1.17 bits per heavy atom. The van der Waals surface area contributed by atoms with Gasteiger partial charge in [0.2, 0.25) is 0 Å². The van der Waals surface area contributed by atoms with E-state index in [1.54, 1.807) is 13.8 Å². The summed E-state index contributed by atoms with van der Waals surface area (Å²) in [5.74, 6) is -1.07. The maximum Gasteiger partial charge on any atom is 0.333 e. The van der Waals surface area contributed by atoms with Crippen molar-refractivity contribution >= 4 is 21.8 Å². The van der Waals surface area contributed by atoms with Crippen LogP contribution in [0, 0.1) is 0 Å². The molecule has 132 valence electrons. The van der Waals surface area contributed by atoms with Crippen LogP contribution >= 0.6 is 0 Å². The molecule has 0 saturated carbocycles. The van der Waals surface area contributed by atoms with Crippen LogP contribution in [0.4, 0.5) is 0 Å². The van der Waals surface area contributed by atoms with Crippen LogP contribution in [-0.4, -0.2) is 44.1 Å². The van der Waals surface area contributed by atoms with Crippen LogP contribution in [0.15, 0.2) is 24.3 Å². The van der Waals surface area contributed by atoms with Gasteiger partial charge in [0.1, 0.15) is 0 Å². The van der Waals surface area contributed by atoms with Crippen molar-refractivity contribution < 1.29 is 27.5 Å². The van der Waals surface area contributed by atoms with Gasteiger partial charge in [-0.2, -0.15) is 0 Å². The molecule has 0 heterocycles. The summed E-state index contributed by atoms with van der Waals surface area (Å²) in [5, 5.41) is -1.32. The lowest BCUT2D eigenvalue weighted by molar-refractivity contribution is -0.139. The van der Waals surface area contributed by atoms with Crippen LogP contribution in [0.3, 0.4) is 0 Å². The van der Waals surface area contributed by atoms with Gasteiger partial charge in [-0.3, -0.25) is 0 Å². The lowest BCUT2D eigenvalue weighted by atomic mass is 10.3. The van der Waals surface area contributed by atoms with Crippen LogP contribution in [0.25, 0.3) is 0 Å². The molecule has 0 saturated heterocycles. The maximum absolute atomic E-state index is 12.3. The molecule has 7 heteroatoms. The van der Waals surface area contributed by atoms with Gasteiger partial charge in [-0.05, 0) is 40.5 Å². The fourth-order valence-electron chi connectivity index (χ4n) is 1.61. The van der Waals surface area contributed by atoms with Gasteiger partial charge in [-0.1, -0.05) is 13.2 Å². The molecular formula is C16H26O6S. The molecule has 0 radical (unpaired) electrons. The molecule has 0 amide bonds. The number of carbonyl (C=O) groups excluding carboxylic acids is 2. The summed E-state index contributed by atoms with van der Waals surface area (Å²) in [7, 11) is -3.40. The fraction of sp³-hybridized carbons (Fsp3) is 0.625. The number of carbonyl (C=O) groups is 2. The van der Waals surface area contributed by atoms with E-state index in [4.69, 9.17) is 9.47 Å². The third-order valence-corrected chi connectivity index (χ3v) is 6.05. The fourth-order valence-corrected chi connectivity index (χ4v) is 3.25. The van der Waals surface area contributed by atoms with Gasteiger partial charge in [0.05, 0.1) is 23.7 Å². The van der Waals surface area contributed by atoms with Crippen LogP contribution < -0.4 is 0 Å². The van der Waals surface area contributed by atoms with Gasteiger partial charge in [-0.25, -0.2) is 18.0 Å². The summed E-state index contributed by atoms with van der Waals surface area (Å²) in [6, 6.07) is 0. The predicted octanol–water partition coefficient (Wildman–Crippen LogP) is 2.20. The minimum atomic E-state index is -3.40. The number of rotatable bonds is 10. The van der Waals surface area contributed by atoms with E-state index in [1.165, 1.54) is 13.8 Å². The van der Waals surface area contributed by atoms with Crippen molar-refractivity contribution in [3.05, 3.63) is 24.3 Å². The number of ether oxygens (including phenoxy) is 2. The highest BCUT2D eigenvalue weighted by molar-refractivity contribution is 7.92. The largest absolute Gasteiger partial charge is 0.462 e. The Bertz CT molecular complexity index is 517. The maximum atomic E-state index is 12.3. The minimum Gasteiger partial charge on any atom is -0.462 e. The summed E-state index contributed by atoms with van der Waals surface area (Å²) in [5.41, 5.74) is 0.543.